The summed E-state index contributed by atoms with van der Waals surface area (Å²) in [5.41, 5.74) is 0.398. The summed E-state index contributed by atoms with van der Waals surface area (Å²) in [6, 6.07) is 0. The average molecular weight is 404 g/mol. The van der Waals surface area contributed by atoms with Crippen molar-refractivity contribution in [3.63, 3.8) is 0 Å². The molecule has 0 bridgehead atoms. The summed E-state index contributed by atoms with van der Waals surface area (Å²) < 4.78 is 21.1. The quantitative estimate of drug-likeness (QED) is 0.200. The number of ether oxygens (including phenoxy) is 4. The number of aliphatic hydroxyl groups is 6. The second-order valence-electron chi connectivity index (χ2n) is 6.84. The van der Waals surface area contributed by atoms with E-state index in [1.165, 1.54) is 13.2 Å². The molecule has 3 aliphatic rings. The fourth-order valence-electron chi connectivity index (χ4n) is 3.79. The molecule has 1 saturated heterocycles. The minimum atomic E-state index is -1.65. The van der Waals surface area contributed by atoms with Crippen LogP contribution in [0.25, 0.3) is 0 Å². The lowest BCUT2D eigenvalue weighted by Crippen LogP contribution is -2.60. The Morgan fingerprint density at radius 1 is 1.07 bits per heavy atom. The van der Waals surface area contributed by atoms with Crippen molar-refractivity contribution in [1.29, 1.82) is 0 Å². The Bertz CT molecular complexity index is 645. The van der Waals surface area contributed by atoms with E-state index in [0.717, 1.165) is 6.26 Å². The topological polar surface area (TPSA) is 175 Å². The van der Waals surface area contributed by atoms with Gasteiger partial charge in [-0.3, -0.25) is 0 Å². The number of fused-ring (bicyclic) bond motifs is 1. The SMILES string of the molecule is COC(=O)C1=CO[C@@H](O[C@H]2O[C@@H](CO)[C@H](O)[C@@H](O)[C@@H]2O)[C@@H]2C(CO)=C[C@@H](O)[C@H]12. The van der Waals surface area contributed by atoms with E-state index in [9.17, 15) is 35.4 Å². The van der Waals surface area contributed by atoms with Gasteiger partial charge in [-0.25, -0.2) is 4.79 Å². The van der Waals surface area contributed by atoms with Crippen molar-refractivity contribution in [1.82, 2.24) is 0 Å². The molecule has 11 heteroatoms. The largest absolute Gasteiger partial charge is 0.471 e. The van der Waals surface area contributed by atoms with Crippen LogP contribution < -0.4 is 0 Å². The minimum absolute atomic E-state index is 0.0494. The van der Waals surface area contributed by atoms with Gasteiger partial charge in [-0.2, -0.15) is 0 Å². The molecule has 0 amide bonds. The fraction of sp³-hybridized carbons (Fsp3) is 0.706. The Labute approximate surface area is 160 Å². The summed E-state index contributed by atoms with van der Waals surface area (Å²) in [7, 11) is 1.18. The van der Waals surface area contributed by atoms with Crippen LogP contribution in [0, 0.1) is 11.8 Å². The zero-order valence-electron chi connectivity index (χ0n) is 15.0. The van der Waals surface area contributed by atoms with Gasteiger partial charge in [-0.15, -0.1) is 0 Å². The predicted octanol–water partition coefficient (Wildman–Crippen LogP) is -3.26. The lowest BCUT2D eigenvalue weighted by molar-refractivity contribution is -0.340. The molecule has 6 N–H and O–H groups in total. The molecule has 0 aromatic rings. The summed E-state index contributed by atoms with van der Waals surface area (Å²) in [5, 5.41) is 59.1. The molecule has 28 heavy (non-hydrogen) atoms. The van der Waals surface area contributed by atoms with Gasteiger partial charge in [0, 0.05) is 5.92 Å². The number of esters is 1. The Morgan fingerprint density at radius 3 is 2.39 bits per heavy atom. The van der Waals surface area contributed by atoms with E-state index < -0.39 is 74.1 Å². The summed E-state index contributed by atoms with van der Waals surface area (Å²) in [4.78, 5) is 12.0. The highest BCUT2D eigenvalue weighted by Gasteiger charge is 2.52. The van der Waals surface area contributed by atoms with Crippen molar-refractivity contribution in [3.05, 3.63) is 23.5 Å². The van der Waals surface area contributed by atoms with Crippen LogP contribution in [0.5, 0.6) is 0 Å². The first kappa shape index (κ1) is 21.1. The van der Waals surface area contributed by atoms with Crippen LogP contribution in [-0.4, -0.2) is 100 Å². The first-order valence-corrected chi connectivity index (χ1v) is 8.73. The van der Waals surface area contributed by atoms with Crippen molar-refractivity contribution in [3.8, 4) is 0 Å². The first-order chi connectivity index (χ1) is 13.3. The molecule has 0 unspecified atom stereocenters. The van der Waals surface area contributed by atoms with Crippen LogP contribution in [-0.2, 0) is 23.7 Å². The highest BCUT2D eigenvalue weighted by molar-refractivity contribution is 5.89. The zero-order chi connectivity index (χ0) is 20.6. The average Bonchev–Trinajstić information content (AvgIpc) is 3.05. The van der Waals surface area contributed by atoms with E-state index in [1.54, 1.807) is 0 Å². The maximum Gasteiger partial charge on any atom is 0.337 e. The molecule has 2 aliphatic heterocycles. The Hall–Kier alpha value is -1.57. The molecule has 0 aromatic heterocycles. The zero-order valence-corrected chi connectivity index (χ0v) is 15.0. The number of hydrogen-bond donors (Lipinski definition) is 6. The molecule has 9 atom stereocenters. The van der Waals surface area contributed by atoms with E-state index in [2.05, 4.69) is 0 Å². The highest BCUT2D eigenvalue weighted by atomic mass is 16.8. The van der Waals surface area contributed by atoms with Gasteiger partial charge in [-0.05, 0) is 5.57 Å². The third kappa shape index (κ3) is 3.55. The summed E-state index contributed by atoms with van der Waals surface area (Å²) >= 11 is 0. The molecule has 3 rings (SSSR count). The van der Waals surface area contributed by atoms with Crippen molar-refractivity contribution in [2.45, 2.75) is 43.1 Å². The normalized spacial score (nSPS) is 42.9. The summed E-state index contributed by atoms with van der Waals surface area (Å²) in [6.07, 6.45) is -7.36. The second kappa shape index (κ2) is 8.43. The maximum atomic E-state index is 12.0. The predicted molar refractivity (Wildman–Crippen MR) is 88.0 cm³/mol. The number of carbonyl (C=O) groups excluding carboxylic acids is 1. The molecular weight excluding hydrogens is 380 g/mol. The Kier molecular flexibility index (Phi) is 6.37. The van der Waals surface area contributed by atoms with E-state index in [4.69, 9.17) is 18.9 Å². The van der Waals surface area contributed by atoms with E-state index >= 15 is 0 Å². The molecule has 0 radical (unpaired) electrons. The molecular formula is C17H24O11. The van der Waals surface area contributed by atoms with Gasteiger partial charge in [0.2, 0.25) is 6.29 Å². The van der Waals surface area contributed by atoms with Crippen molar-refractivity contribution in [2.75, 3.05) is 20.3 Å². The molecule has 1 fully saturated rings. The minimum Gasteiger partial charge on any atom is -0.471 e. The van der Waals surface area contributed by atoms with Gasteiger partial charge in [-0.1, -0.05) is 6.08 Å². The van der Waals surface area contributed by atoms with Crippen molar-refractivity contribution >= 4 is 5.97 Å². The summed E-state index contributed by atoms with van der Waals surface area (Å²) in [5.74, 6) is -2.34. The third-order valence-corrected chi connectivity index (χ3v) is 5.27. The number of rotatable bonds is 5. The molecule has 0 saturated carbocycles. The maximum absolute atomic E-state index is 12.0. The van der Waals surface area contributed by atoms with Crippen LogP contribution in [0.3, 0.4) is 0 Å². The molecule has 2 heterocycles. The van der Waals surface area contributed by atoms with E-state index in [-0.39, 0.29) is 5.57 Å². The monoisotopic (exact) mass is 404 g/mol. The summed E-state index contributed by atoms with van der Waals surface area (Å²) in [6.45, 7) is -1.07. The molecule has 11 nitrogen and oxygen atoms in total. The van der Waals surface area contributed by atoms with Gasteiger partial charge in [0.1, 0.15) is 24.4 Å². The fourth-order valence-corrected chi connectivity index (χ4v) is 3.79. The highest BCUT2D eigenvalue weighted by Crippen LogP contribution is 2.44. The Morgan fingerprint density at radius 2 is 1.79 bits per heavy atom. The van der Waals surface area contributed by atoms with Gasteiger partial charge < -0.3 is 49.6 Å². The number of carbonyl (C=O) groups is 1. The smallest absolute Gasteiger partial charge is 0.337 e. The first-order valence-electron chi connectivity index (χ1n) is 8.73. The van der Waals surface area contributed by atoms with Gasteiger partial charge in [0.15, 0.2) is 6.29 Å². The number of aliphatic hydroxyl groups excluding tert-OH is 6. The standard InChI is InChI=1S/C17H24O11/c1-25-15(24)7-5-26-16(10-6(3-18)2-8(20)11(7)10)28-17-14(23)13(22)12(21)9(4-19)27-17/h2,5,8-14,16-23H,3-4H2,1H3/t8-,9+,10-,11+,12+,13-,14+,16+,17-/m1/s1. The second-order valence-corrected chi connectivity index (χ2v) is 6.84. The Balaban J connectivity index is 1.84. The molecule has 1 aliphatic carbocycles. The van der Waals surface area contributed by atoms with Crippen LogP contribution in [0.1, 0.15) is 0 Å². The third-order valence-electron chi connectivity index (χ3n) is 5.27. The van der Waals surface area contributed by atoms with Crippen molar-refractivity contribution in [2.24, 2.45) is 11.8 Å². The van der Waals surface area contributed by atoms with E-state index in [0.29, 0.717) is 5.57 Å². The van der Waals surface area contributed by atoms with Crippen LogP contribution in [0.4, 0.5) is 0 Å². The molecule has 0 spiro atoms. The molecule has 158 valence electrons. The lowest BCUT2D eigenvalue weighted by atomic mass is 9.82. The molecule has 0 aromatic carbocycles. The van der Waals surface area contributed by atoms with Crippen molar-refractivity contribution < 1.29 is 54.4 Å². The van der Waals surface area contributed by atoms with Gasteiger partial charge in [0.25, 0.3) is 0 Å². The van der Waals surface area contributed by atoms with Gasteiger partial charge >= 0.3 is 5.97 Å². The number of hydrogen-bond acceptors (Lipinski definition) is 11. The van der Waals surface area contributed by atoms with E-state index in [1.807, 2.05) is 0 Å². The van der Waals surface area contributed by atoms with Crippen LogP contribution in [0.15, 0.2) is 23.5 Å². The number of methoxy groups -OCH3 is 1. The lowest BCUT2D eigenvalue weighted by Gasteiger charge is -2.43. The van der Waals surface area contributed by atoms with Crippen LogP contribution in [0.2, 0.25) is 0 Å². The van der Waals surface area contributed by atoms with Gasteiger partial charge in [0.05, 0.1) is 44.2 Å². The van der Waals surface area contributed by atoms with Crippen LogP contribution >= 0.6 is 0 Å².